The van der Waals surface area contributed by atoms with Crippen LogP contribution in [-0.2, 0) is 29.5 Å². The molecule has 22 heavy (non-hydrogen) atoms. The molecule has 2 aromatic rings. The van der Waals surface area contributed by atoms with Crippen LogP contribution in [0.15, 0.2) is 35.5 Å². The molecule has 2 heterocycles. The van der Waals surface area contributed by atoms with Crippen molar-refractivity contribution in [3.05, 3.63) is 41.6 Å². The number of nitrogens with one attached hydrogen (secondary N) is 1. The molecule has 0 saturated carbocycles. The first-order valence-electron chi connectivity index (χ1n) is 7.29. The van der Waals surface area contributed by atoms with Gasteiger partial charge in [0.2, 0.25) is 0 Å². The number of hydrogen-bond donors (Lipinski definition) is 1. The fraction of sp³-hybridized carbons (Fsp3) is 0.400. The molecule has 1 aromatic heterocycles. The Hall–Kier alpha value is -1.86. The van der Waals surface area contributed by atoms with Crippen molar-refractivity contribution in [2.24, 2.45) is 0 Å². The van der Waals surface area contributed by atoms with Crippen molar-refractivity contribution in [2.75, 3.05) is 0 Å². The lowest BCUT2D eigenvalue weighted by molar-refractivity contribution is 0.254. The van der Waals surface area contributed by atoms with Crippen molar-refractivity contribution in [3.8, 4) is 5.75 Å². The quantitative estimate of drug-likeness (QED) is 0.910. The van der Waals surface area contributed by atoms with Gasteiger partial charge in [-0.1, -0.05) is 12.1 Å². The van der Waals surface area contributed by atoms with Gasteiger partial charge in [-0.2, -0.15) is 5.10 Å². The van der Waals surface area contributed by atoms with Crippen molar-refractivity contribution in [1.29, 1.82) is 0 Å². The van der Waals surface area contributed by atoms with Crippen molar-refractivity contribution in [1.82, 2.24) is 14.5 Å². The van der Waals surface area contributed by atoms with E-state index in [1.54, 1.807) is 0 Å². The second-order valence-electron chi connectivity index (χ2n) is 5.38. The molecular formula is C15H19N3O3S. The smallest absolute Gasteiger partial charge is 0.258 e. The van der Waals surface area contributed by atoms with Gasteiger partial charge >= 0.3 is 0 Å². The lowest BCUT2D eigenvalue weighted by Crippen LogP contribution is -2.25. The molecule has 1 aliphatic heterocycles. The summed E-state index contributed by atoms with van der Waals surface area (Å²) in [4.78, 5) is 0. The maximum atomic E-state index is 12.3. The average molecular weight is 321 g/mol. The fourth-order valence-corrected chi connectivity index (χ4v) is 3.82. The number of fused-ring (bicyclic) bond motifs is 1. The number of aryl methyl sites for hydroxylation is 1. The Kier molecular flexibility index (Phi) is 3.92. The van der Waals surface area contributed by atoms with Gasteiger partial charge in [0, 0.05) is 19.5 Å². The van der Waals surface area contributed by atoms with E-state index in [2.05, 4.69) is 9.82 Å². The van der Waals surface area contributed by atoms with Crippen LogP contribution in [0.1, 0.15) is 25.0 Å². The molecule has 0 fully saturated rings. The first kappa shape index (κ1) is 15.1. The van der Waals surface area contributed by atoms with E-state index in [1.165, 1.54) is 16.9 Å². The molecule has 0 amide bonds. The van der Waals surface area contributed by atoms with E-state index in [-0.39, 0.29) is 17.7 Å². The van der Waals surface area contributed by atoms with E-state index in [0.717, 1.165) is 23.3 Å². The van der Waals surface area contributed by atoms with Crippen molar-refractivity contribution in [2.45, 2.75) is 44.5 Å². The van der Waals surface area contributed by atoms with Crippen LogP contribution in [0.5, 0.6) is 5.75 Å². The summed E-state index contributed by atoms with van der Waals surface area (Å²) in [7, 11) is -3.56. The minimum atomic E-state index is -3.56. The zero-order valence-corrected chi connectivity index (χ0v) is 13.4. The van der Waals surface area contributed by atoms with Crippen LogP contribution in [0.4, 0.5) is 0 Å². The lowest BCUT2D eigenvalue weighted by Gasteiger charge is -2.09. The van der Waals surface area contributed by atoms with Crippen LogP contribution in [0, 0.1) is 0 Å². The average Bonchev–Trinajstić information content (AvgIpc) is 3.09. The summed E-state index contributed by atoms with van der Waals surface area (Å²) >= 11 is 0. The highest BCUT2D eigenvalue weighted by Gasteiger charge is 2.21. The number of nitrogens with zero attached hydrogens (tertiary/aromatic N) is 2. The van der Waals surface area contributed by atoms with Crippen LogP contribution < -0.4 is 9.46 Å². The molecule has 1 atom stereocenters. The zero-order valence-electron chi connectivity index (χ0n) is 12.6. The first-order chi connectivity index (χ1) is 10.5. The first-order valence-corrected chi connectivity index (χ1v) is 8.78. The number of sulfonamides is 1. The largest absolute Gasteiger partial charge is 0.490 e. The Morgan fingerprint density at radius 1 is 1.41 bits per heavy atom. The Balaban J connectivity index is 1.74. The third-order valence-electron chi connectivity index (χ3n) is 3.68. The van der Waals surface area contributed by atoms with Crippen molar-refractivity contribution in [3.63, 3.8) is 0 Å². The summed E-state index contributed by atoms with van der Waals surface area (Å²) in [6.45, 7) is 4.64. The molecule has 0 spiro atoms. The molecule has 0 unspecified atom stereocenters. The van der Waals surface area contributed by atoms with E-state index in [1.807, 2.05) is 32.0 Å². The highest BCUT2D eigenvalue weighted by molar-refractivity contribution is 7.89. The second kappa shape index (κ2) is 5.73. The van der Waals surface area contributed by atoms with Gasteiger partial charge in [0.15, 0.2) is 5.03 Å². The van der Waals surface area contributed by atoms with Gasteiger partial charge in [0.05, 0.1) is 6.20 Å². The van der Waals surface area contributed by atoms with Crippen LogP contribution >= 0.6 is 0 Å². The normalized spacial score (nSPS) is 17.3. The number of ether oxygens (including phenoxy) is 1. The minimum Gasteiger partial charge on any atom is -0.490 e. The highest BCUT2D eigenvalue weighted by Crippen LogP contribution is 2.29. The predicted octanol–water partition coefficient (Wildman–Crippen LogP) is 1.70. The van der Waals surface area contributed by atoms with Gasteiger partial charge in [0.25, 0.3) is 10.0 Å². The van der Waals surface area contributed by atoms with Gasteiger partial charge in [-0.05, 0) is 37.1 Å². The zero-order chi connectivity index (χ0) is 15.7. The van der Waals surface area contributed by atoms with Gasteiger partial charge in [-0.3, -0.25) is 4.68 Å². The maximum absolute atomic E-state index is 12.3. The SMILES string of the molecule is CCn1nccc1S(=O)(=O)NCc1ccc2c(c1)C[C@@H](C)O2. The minimum absolute atomic E-state index is 0.181. The van der Waals surface area contributed by atoms with Crippen molar-refractivity contribution >= 4 is 10.0 Å². The second-order valence-corrected chi connectivity index (χ2v) is 7.10. The van der Waals surface area contributed by atoms with E-state index >= 15 is 0 Å². The van der Waals surface area contributed by atoms with Gasteiger partial charge < -0.3 is 4.74 Å². The molecule has 1 aliphatic rings. The van der Waals surface area contributed by atoms with E-state index in [9.17, 15) is 8.42 Å². The van der Waals surface area contributed by atoms with Crippen LogP contribution in [-0.4, -0.2) is 24.3 Å². The summed E-state index contributed by atoms with van der Waals surface area (Å²) in [5, 5.41) is 4.18. The monoisotopic (exact) mass is 321 g/mol. The highest BCUT2D eigenvalue weighted by atomic mass is 32.2. The van der Waals surface area contributed by atoms with Gasteiger partial charge in [-0.15, -0.1) is 0 Å². The number of aromatic nitrogens is 2. The number of benzene rings is 1. The summed E-state index contributed by atoms with van der Waals surface area (Å²) in [5.41, 5.74) is 2.05. The molecule has 0 bridgehead atoms. The third kappa shape index (κ3) is 2.86. The molecule has 118 valence electrons. The number of rotatable bonds is 5. The van der Waals surface area contributed by atoms with E-state index < -0.39 is 10.0 Å². The molecule has 3 rings (SSSR count). The van der Waals surface area contributed by atoms with Gasteiger partial charge in [0.1, 0.15) is 11.9 Å². The summed E-state index contributed by atoms with van der Waals surface area (Å²) in [6, 6.07) is 7.29. The molecular weight excluding hydrogens is 302 g/mol. The van der Waals surface area contributed by atoms with Crippen molar-refractivity contribution < 1.29 is 13.2 Å². The van der Waals surface area contributed by atoms with Crippen LogP contribution in [0.2, 0.25) is 0 Å². The molecule has 0 radical (unpaired) electrons. The van der Waals surface area contributed by atoms with Crippen LogP contribution in [0.3, 0.4) is 0 Å². The molecule has 0 saturated heterocycles. The maximum Gasteiger partial charge on any atom is 0.258 e. The fourth-order valence-electron chi connectivity index (χ4n) is 2.62. The lowest BCUT2D eigenvalue weighted by atomic mass is 10.1. The Morgan fingerprint density at radius 3 is 3.00 bits per heavy atom. The standard InChI is InChI=1S/C15H19N3O3S/c1-3-18-15(6-7-16-18)22(19,20)17-10-12-4-5-14-13(9-12)8-11(2)21-14/h4-7,9,11,17H,3,8,10H2,1-2H3/t11-/m1/s1. The summed E-state index contributed by atoms with van der Waals surface area (Å²) in [5.74, 6) is 0.892. The third-order valence-corrected chi connectivity index (χ3v) is 5.10. The van der Waals surface area contributed by atoms with E-state index in [4.69, 9.17) is 4.74 Å². The molecule has 0 aliphatic carbocycles. The van der Waals surface area contributed by atoms with E-state index in [0.29, 0.717) is 6.54 Å². The number of hydrogen-bond acceptors (Lipinski definition) is 4. The van der Waals surface area contributed by atoms with Gasteiger partial charge in [-0.25, -0.2) is 13.1 Å². The Labute approximate surface area is 130 Å². The topological polar surface area (TPSA) is 73.2 Å². The summed E-state index contributed by atoms with van der Waals surface area (Å²) < 4.78 is 34.4. The Bertz CT molecular complexity index is 783. The predicted molar refractivity (Wildman–Crippen MR) is 82.2 cm³/mol. The molecule has 7 heteroatoms. The van der Waals surface area contributed by atoms with Crippen LogP contribution in [0.25, 0.3) is 0 Å². The molecule has 6 nitrogen and oxygen atoms in total. The Morgan fingerprint density at radius 2 is 2.23 bits per heavy atom. The molecule has 1 N–H and O–H groups in total. The molecule has 1 aromatic carbocycles. The summed E-state index contributed by atoms with van der Waals surface area (Å²) in [6.07, 6.45) is 2.53.